The molecule has 0 spiro atoms. The summed E-state index contributed by atoms with van der Waals surface area (Å²) in [4.78, 5) is 46.4. The summed E-state index contributed by atoms with van der Waals surface area (Å²) in [6.07, 6.45) is 1.63. The van der Waals surface area contributed by atoms with E-state index in [0.29, 0.717) is 24.3 Å². The molecule has 1 aliphatic carbocycles. The zero-order valence-corrected chi connectivity index (χ0v) is 20.7. The second-order valence-electron chi connectivity index (χ2n) is 8.49. The molecule has 10 nitrogen and oxygen atoms in total. The van der Waals surface area contributed by atoms with Crippen molar-refractivity contribution in [1.29, 1.82) is 0 Å². The van der Waals surface area contributed by atoms with Crippen molar-refractivity contribution >= 4 is 35.6 Å². The second kappa shape index (κ2) is 13.2. The van der Waals surface area contributed by atoms with Gasteiger partial charge in [0.05, 0.1) is 12.2 Å². The molecule has 0 heterocycles. The Hall–Kier alpha value is -4.18. The first-order valence-corrected chi connectivity index (χ1v) is 11.9. The molecule has 2 aromatic rings. The molecular formula is C27H31N3O7. The Kier molecular flexibility index (Phi) is 9.79. The van der Waals surface area contributed by atoms with Crippen LogP contribution in [0.4, 0.5) is 16.2 Å². The Labute approximate surface area is 215 Å². The number of fused-ring (bicyclic) bond motifs is 3. The van der Waals surface area contributed by atoms with Crippen LogP contribution < -0.4 is 16.4 Å². The molecule has 0 radical (unpaired) electrons. The van der Waals surface area contributed by atoms with Gasteiger partial charge in [-0.2, -0.15) is 0 Å². The first kappa shape index (κ1) is 27.4. The van der Waals surface area contributed by atoms with Crippen LogP contribution in [0.2, 0.25) is 0 Å². The van der Waals surface area contributed by atoms with Crippen LogP contribution in [0.15, 0.2) is 48.7 Å². The summed E-state index contributed by atoms with van der Waals surface area (Å²) >= 11 is 0. The van der Waals surface area contributed by atoms with E-state index in [1.165, 1.54) is 0 Å². The van der Waals surface area contributed by atoms with Crippen LogP contribution >= 0.6 is 0 Å². The van der Waals surface area contributed by atoms with Gasteiger partial charge in [0.1, 0.15) is 19.5 Å². The molecule has 2 aromatic carbocycles. The number of hydrogen-bond acceptors (Lipinski definition) is 7. The third kappa shape index (κ3) is 7.65. The van der Waals surface area contributed by atoms with Crippen LogP contribution in [0.1, 0.15) is 43.2 Å². The Bertz CT molecular complexity index is 1180. The van der Waals surface area contributed by atoms with Crippen molar-refractivity contribution in [2.45, 2.75) is 32.1 Å². The maximum absolute atomic E-state index is 12.3. The molecule has 0 aromatic heterocycles. The molecule has 0 fully saturated rings. The lowest BCUT2D eigenvalue weighted by molar-refractivity contribution is -0.121. The van der Waals surface area contributed by atoms with Crippen molar-refractivity contribution in [2.24, 2.45) is 5.73 Å². The lowest BCUT2D eigenvalue weighted by Gasteiger charge is -2.15. The van der Waals surface area contributed by atoms with Gasteiger partial charge in [0.15, 0.2) is 6.61 Å². The minimum atomic E-state index is -0.902. The van der Waals surface area contributed by atoms with Crippen molar-refractivity contribution in [3.05, 3.63) is 59.9 Å². The normalized spacial score (nSPS) is 13.2. The maximum atomic E-state index is 12.3. The van der Waals surface area contributed by atoms with Crippen LogP contribution in [0, 0.1) is 0 Å². The fraction of sp³-hybridized carbons (Fsp3) is 0.333. The Morgan fingerprint density at radius 1 is 0.973 bits per heavy atom. The molecular weight excluding hydrogens is 478 g/mol. The highest BCUT2D eigenvalue weighted by molar-refractivity contribution is 5.94. The summed E-state index contributed by atoms with van der Waals surface area (Å²) in [6, 6.07) is 10.9. The van der Waals surface area contributed by atoms with Crippen molar-refractivity contribution in [3.63, 3.8) is 0 Å². The van der Waals surface area contributed by atoms with E-state index < -0.39 is 12.0 Å². The topological polar surface area (TPSA) is 146 Å². The number of primary amides is 1. The van der Waals surface area contributed by atoms with E-state index >= 15 is 0 Å². The number of rotatable bonds is 14. The molecule has 0 saturated carbocycles. The van der Waals surface area contributed by atoms with Gasteiger partial charge in [-0.05, 0) is 52.9 Å². The van der Waals surface area contributed by atoms with Gasteiger partial charge in [0, 0.05) is 23.9 Å². The standard InChI is InChI=1S/C27H31N3O7/c1-3-4-11-35-15-25(32)29-18-5-7-20-21-8-6-19(30-26(33)16-36-17(2)9-10-31)13-23(21)24(22(20)12-18)14-37-27(28)34/h5-8,10,12-13,24H,2-4,9,11,14-16H2,1H3,(H2,28,34)(H,29,32)(H,30,33). The molecule has 0 aliphatic heterocycles. The first-order valence-electron chi connectivity index (χ1n) is 11.9. The SMILES string of the molecule is C=C(CC=O)OCC(=O)Nc1ccc2c(c1)C(COC(N)=O)c1cc(NC(=O)COCCCC)ccc1-2. The summed E-state index contributed by atoms with van der Waals surface area (Å²) in [5, 5.41) is 5.58. The number of amides is 3. The lowest BCUT2D eigenvalue weighted by atomic mass is 9.97. The van der Waals surface area contributed by atoms with Crippen molar-refractivity contribution < 1.29 is 33.4 Å². The summed E-state index contributed by atoms with van der Waals surface area (Å²) < 4.78 is 15.7. The molecule has 4 N–H and O–H groups in total. The summed E-state index contributed by atoms with van der Waals surface area (Å²) in [7, 11) is 0. The fourth-order valence-electron chi connectivity index (χ4n) is 3.99. The minimum absolute atomic E-state index is 0.0141. The number of nitrogens with one attached hydrogen (secondary N) is 2. The van der Waals surface area contributed by atoms with E-state index in [2.05, 4.69) is 17.2 Å². The molecule has 1 aliphatic rings. The van der Waals surface area contributed by atoms with Crippen molar-refractivity contribution in [3.8, 4) is 11.1 Å². The van der Waals surface area contributed by atoms with Crippen LogP contribution in [-0.4, -0.2) is 50.6 Å². The van der Waals surface area contributed by atoms with Gasteiger partial charge in [-0.3, -0.25) is 9.59 Å². The Morgan fingerprint density at radius 2 is 1.57 bits per heavy atom. The number of hydrogen-bond donors (Lipinski definition) is 3. The van der Waals surface area contributed by atoms with Gasteiger partial charge in [0.2, 0.25) is 5.91 Å². The molecule has 1 unspecified atom stereocenters. The summed E-state index contributed by atoms with van der Waals surface area (Å²) in [5.41, 5.74) is 9.81. The third-order valence-electron chi connectivity index (χ3n) is 5.70. The average Bonchev–Trinajstić information content (AvgIpc) is 3.16. The molecule has 0 bridgehead atoms. The highest BCUT2D eigenvalue weighted by Gasteiger charge is 2.30. The smallest absolute Gasteiger partial charge is 0.404 e. The number of anilines is 2. The zero-order valence-electron chi connectivity index (χ0n) is 20.7. The summed E-state index contributed by atoms with van der Waals surface area (Å²) in [5.74, 6) is -0.845. The van der Waals surface area contributed by atoms with Gasteiger partial charge in [-0.25, -0.2) is 4.79 Å². The fourth-order valence-corrected chi connectivity index (χ4v) is 3.99. The highest BCUT2D eigenvalue weighted by atomic mass is 16.5. The monoisotopic (exact) mass is 509 g/mol. The quantitative estimate of drug-likeness (QED) is 0.200. The summed E-state index contributed by atoms with van der Waals surface area (Å²) in [6.45, 7) is 5.79. The number of unbranched alkanes of at least 4 members (excludes halogenated alkanes) is 1. The predicted octanol–water partition coefficient (Wildman–Crippen LogP) is 3.71. The van der Waals surface area contributed by atoms with Crippen molar-refractivity contribution in [1.82, 2.24) is 0 Å². The van der Waals surface area contributed by atoms with Gasteiger partial charge < -0.3 is 35.4 Å². The van der Waals surface area contributed by atoms with Gasteiger partial charge >= 0.3 is 6.09 Å². The van der Waals surface area contributed by atoms with Crippen LogP contribution in [0.25, 0.3) is 11.1 Å². The largest absolute Gasteiger partial charge is 0.488 e. The molecule has 10 heteroatoms. The van der Waals surface area contributed by atoms with E-state index in [4.69, 9.17) is 19.9 Å². The van der Waals surface area contributed by atoms with Crippen molar-refractivity contribution in [2.75, 3.05) is 37.1 Å². The van der Waals surface area contributed by atoms with E-state index in [1.807, 2.05) is 25.1 Å². The number of nitrogens with two attached hydrogens (primary N) is 1. The Balaban J connectivity index is 1.77. The van der Waals surface area contributed by atoms with Crippen LogP contribution in [0.3, 0.4) is 0 Å². The van der Waals surface area contributed by atoms with Crippen LogP contribution in [-0.2, 0) is 28.6 Å². The number of ether oxygens (including phenoxy) is 3. The van der Waals surface area contributed by atoms with E-state index in [1.54, 1.807) is 18.2 Å². The van der Waals surface area contributed by atoms with Crippen LogP contribution in [0.5, 0.6) is 0 Å². The molecule has 0 saturated heterocycles. The van der Waals surface area contributed by atoms with E-state index in [0.717, 1.165) is 35.1 Å². The Morgan fingerprint density at radius 3 is 2.11 bits per heavy atom. The molecule has 3 amide bonds. The minimum Gasteiger partial charge on any atom is -0.488 e. The molecule has 37 heavy (non-hydrogen) atoms. The number of carbonyl (C=O) groups excluding carboxylic acids is 4. The predicted molar refractivity (Wildman–Crippen MR) is 138 cm³/mol. The zero-order chi connectivity index (χ0) is 26.8. The number of allylic oxidation sites excluding steroid dienone is 1. The number of carbonyl (C=O) groups is 4. The first-order chi connectivity index (χ1) is 17.8. The maximum Gasteiger partial charge on any atom is 0.404 e. The number of aldehydes is 1. The van der Waals surface area contributed by atoms with E-state index in [-0.39, 0.29) is 43.8 Å². The average molecular weight is 510 g/mol. The highest BCUT2D eigenvalue weighted by Crippen LogP contribution is 2.46. The second-order valence-corrected chi connectivity index (χ2v) is 8.49. The molecule has 196 valence electrons. The van der Waals surface area contributed by atoms with E-state index in [9.17, 15) is 19.2 Å². The third-order valence-corrected chi connectivity index (χ3v) is 5.70. The van der Waals surface area contributed by atoms with Gasteiger partial charge in [0.25, 0.3) is 5.91 Å². The van der Waals surface area contributed by atoms with Gasteiger partial charge in [-0.1, -0.05) is 32.1 Å². The lowest BCUT2D eigenvalue weighted by Crippen LogP contribution is -2.20. The number of benzene rings is 2. The molecule has 3 rings (SSSR count). The van der Waals surface area contributed by atoms with Gasteiger partial charge in [-0.15, -0.1) is 0 Å². The molecule has 1 atom stereocenters.